The Morgan fingerprint density at radius 2 is 1.68 bits per heavy atom. The molecule has 0 bridgehead atoms. The van der Waals surface area contributed by atoms with E-state index in [2.05, 4.69) is 0 Å². The van der Waals surface area contributed by atoms with Crippen LogP contribution >= 0.6 is 34.8 Å². The highest BCUT2D eigenvalue weighted by molar-refractivity contribution is 6.35. The third-order valence-electron chi connectivity index (χ3n) is 3.00. The fraction of sp³-hybridized carbons (Fsp3) is 0.188. The van der Waals surface area contributed by atoms with Gasteiger partial charge in [-0.25, -0.2) is 0 Å². The molecule has 116 valence electrons. The zero-order valence-electron chi connectivity index (χ0n) is 11.9. The first-order chi connectivity index (χ1) is 10.5. The van der Waals surface area contributed by atoms with Gasteiger partial charge in [-0.2, -0.15) is 0 Å². The monoisotopic (exact) mass is 357 g/mol. The van der Waals surface area contributed by atoms with Crippen LogP contribution in [0, 0.1) is 0 Å². The van der Waals surface area contributed by atoms with Crippen LogP contribution in [0.3, 0.4) is 0 Å². The van der Waals surface area contributed by atoms with Gasteiger partial charge in [-0.15, -0.1) is 0 Å². The molecule has 0 atom stereocenters. The molecule has 0 N–H and O–H groups in total. The summed E-state index contributed by atoms with van der Waals surface area (Å²) in [6.45, 7) is 0.388. The van der Waals surface area contributed by atoms with Crippen molar-refractivity contribution in [1.29, 1.82) is 0 Å². The van der Waals surface area contributed by atoms with Crippen LogP contribution in [-0.2, 0) is 11.3 Å². The van der Waals surface area contributed by atoms with E-state index in [1.165, 1.54) is 0 Å². The molecule has 0 unspecified atom stereocenters. The van der Waals surface area contributed by atoms with Crippen LogP contribution in [-0.4, -0.2) is 24.5 Å². The van der Waals surface area contributed by atoms with Gasteiger partial charge in [-0.05, 0) is 35.9 Å². The fourth-order valence-electron chi connectivity index (χ4n) is 1.79. The van der Waals surface area contributed by atoms with E-state index in [9.17, 15) is 4.79 Å². The Labute approximate surface area is 144 Å². The third kappa shape index (κ3) is 4.80. The molecule has 0 aliphatic carbocycles. The van der Waals surface area contributed by atoms with Crippen LogP contribution in [0.25, 0.3) is 0 Å². The Morgan fingerprint density at radius 1 is 1.05 bits per heavy atom. The third-order valence-corrected chi connectivity index (χ3v) is 3.79. The van der Waals surface area contributed by atoms with Crippen molar-refractivity contribution >= 4 is 40.7 Å². The van der Waals surface area contributed by atoms with Crippen molar-refractivity contribution in [3.63, 3.8) is 0 Å². The number of rotatable bonds is 5. The largest absolute Gasteiger partial charge is 0.482 e. The second-order valence-corrected chi connectivity index (χ2v) is 6.02. The van der Waals surface area contributed by atoms with Gasteiger partial charge in [0.05, 0.1) is 5.02 Å². The first kappa shape index (κ1) is 16.9. The molecule has 0 aliphatic rings. The van der Waals surface area contributed by atoms with Crippen LogP contribution in [0.2, 0.25) is 15.1 Å². The Hall–Kier alpha value is -1.42. The smallest absolute Gasteiger partial charge is 0.260 e. The summed E-state index contributed by atoms with van der Waals surface area (Å²) in [6.07, 6.45) is 0. The number of benzene rings is 2. The molecular formula is C16H14Cl3NO2. The number of carbonyl (C=O) groups excluding carboxylic acids is 1. The standard InChI is InChI=1S/C16H14Cl3NO2/c1-20(9-11-2-4-12(17)5-3-11)16(21)10-22-15-7-6-13(18)8-14(15)19/h2-8H,9-10H2,1H3. The molecule has 0 aliphatic heterocycles. The topological polar surface area (TPSA) is 29.5 Å². The quantitative estimate of drug-likeness (QED) is 0.776. The fourth-order valence-corrected chi connectivity index (χ4v) is 2.38. The van der Waals surface area contributed by atoms with Crippen molar-refractivity contribution in [2.24, 2.45) is 0 Å². The summed E-state index contributed by atoms with van der Waals surface area (Å²) >= 11 is 17.6. The summed E-state index contributed by atoms with van der Waals surface area (Å²) in [5.41, 5.74) is 0.991. The number of amides is 1. The molecule has 22 heavy (non-hydrogen) atoms. The molecule has 0 saturated heterocycles. The van der Waals surface area contributed by atoms with Gasteiger partial charge in [-0.3, -0.25) is 4.79 Å². The van der Waals surface area contributed by atoms with Crippen molar-refractivity contribution in [1.82, 2.24) is 4.90 Å². The molecule has 0 aromatic heterocycles. The molecule has 6 heteroatoms. The predicted molar refractivity (Wildman–Crippen MR) is 89.9 cm³/mol. The Morgan fingerprint density at radius 3 is 2.32 bits per heavy atom. The summed E-state index contributed by atoms with van der Waals surface area (Å²) in [7, 11) is 1.71. The van der Waals surface area contributed by atoms with E-state index in [1.54, 1.807) is 42.3 Å². The predicted octanol–water partition coefficient (Wildman–Crippen LogP) is 4.68. The molecule has 2 aromatic rings. The minimum Gasteiger partial charge on any atom is -0.482 e. The van der Waals surface area contributed by atoms with Gasteiger partial charge in [0.2, 0.25) is 0 Å². The summed E-state index contributed by atoms with van der Waals surface area (Å²) in [5, 5.41) is 1.56. The Bertz CT molecular complexity index is 659. The van der Waals surface area contributed by atoms with Gasteiger partial charge in [-0.1, -0.05) is 46.9 Å². The lowest BCUT2D eigenvalue weighted by atomic mass is 10.2. The molecule has 2 rings (SSSR count). The lowest BCUT2D eigenvalue weighted by Gasteiger charge is -2.18. The van der Waals surface area contributed by atoms with Crippen molar-refractivity contribution in [3.05, 3.63) is 63.1 Å². The van der Waals surface area contributed by atoms with E-state index in [-0.39, 0.29) is 12.5 Å². The Kier molecular flexibility index (Phi) is 5.95. The number of ether oxygens (including phenoxy) is 1. The molecular weight excluding hydrogens is 345 g/mol. The maximum atomic E-state index is 12.1. The van der Waals surface area contributed by atoms with E-state index in [0.29, 0.717) is 27.4 Å². The molecule has 0 spiro atoms. The van der Waals surface area contributed by atoms with Gasteiger partial charge in [0.1, 0.15) is 5.75 Å². The normalized spacial score (nSPS) is 10.4. The highest BCUT2D eigenvalue weighted by Crippen LogP contribution is 2.27. The number of likely N-dealkylation sites (N-methyl/N-ethyl adjacent to an activating group) is 1. The molecule has 0 saturated carbocycles. The lowest BCUT2D eigenvalue weighted by Crippen LogP contribution is -2.30. The first-order valence-electron chi connectivity index (χ1n) is 6.52. The second kappa shape index (κ2) is 7.73. The number of nitrogens with zero attached hydrogens (tertiary/aromatic N) is 1. The summed E-state index contributed by atoms with van der Waals surface area (Å²) in [6, 6.07) is 12.2. The van der Waals surface area contributed by atoms with Crippen molar-refractivity contribution in [2.75, 3.05) is 13.7 Å². The van der Waals surface area contributed by atoms with Gasteiger partial charge in [0, 0.05) is 23.6 Å². The molecule has 3 nitrogen and oxygen atoms in total. The molecule has 0 fully saturated rings. The van der Waals surface area contributed by atoms with Crippen LogP contribution in [0.5, 0.6) is 5.75 Å². The number of halogens is 3. The summed E-state index contributed by atoms with van der Waals surface area (Å²) in [5.74, 6) is 0.278. The molecule has 0 heterocycles. The van der Waals surface area contributed by atoms with Crippen molar-refractivity contribution in [2.45, 2.75) is 6.54 Å². The van der Waals surface area contributed by atoms with Crippen molar-refractivity contribution < 1.29 is 9.53 Å². The zero-order chi connectivity index (χ0) is 16.1. The molecule has 1 amide bonds. The summed E-state index contributed by atoms with van der Waals surface area (Å²) in [4.78, 5) is 13.6. The first-order valence-corrected chi connectivity index (χ1v) is 7.65. The lowest BCUT2D eigenvalue weighted by molar-refractivity contribution is -0.132. The molecule has 2 aromatic carbocycles. The van der Waals surface area contributed by atoms with E-state index in [4.69, 9.17) is 39.5 Å². The van der Waals surface area contributed by atoms with E-state index < -0.39 is 0 Å². The van der Waals surface area contributed by atoms with Crippen LogP contribution in [0.1, 0.15) is 5.56 Å². The number of hydrogen-bond acceptors (Lipinski definition) is 2. The van der Waals surface area contributed by atoms with E-state index >= 15 is 0 Å². The van der Waals surface area contributed by atoms with Gasteiger partial charge < -0.3 is 9.64 Å². The van der Waals surface area contributed by atoms with E-state index in [0.717, 1.165) is 5.56 Å². The SMILES string of the molecule is CN(Cc1ccc(Cl)cc1)C(=O)COc1ccc(Cl)cc1Cl. The Balaban J connectivity index is 1.89. The van der Waals surface area contributed by atoms with Crippen LogP contribution in [0.15, 0.2) is 42.5 Å². The average molecular weight is 359 g/mol. The van der Waals surface area contributed by atoms with Crippen LogP contribution in [0.4, 0.5) is 0 Å². The summed E-state index contributed by atoms with van der Waals surface area (Å²) < 4.78 is 5.43. The highest BCUT2D eigenvalue weighted by atomic mass is 35.5. The van der Waals surface area contributed by atoms with Crippen molar-refractivity contribution in [3.8, 4) is 5.75 Å². The maximum Gasteiger partial charge on any atom is 0.260 e. The zero-order valence-corrected chi connectivity index (χ0v) is 14.1. The van der Waals surface area contributed by atoms with Crippen LogP contribution < -0.4 is 4.74 Å². The maximum absolute atomic E-state index is 12.1. The van der Waals surface area contributed by atoms with Gasteiger partial charge in [0.15, 0.2) is 6.61 Å². The number of carbonyl (C=O) groups is 1. The minimum atomic E-state index is -0.152. The average Bonchev–Trinajstić information content (AvgIpc) is 2.48. The highest BCUT2D eigenvalue weighted by Gasteiger charge is 2.11. The minimum absolute atomic E-state index is 0.0918. The van der Waals surface area contributed by atoms with Gasteiger partial charge in [0.25, 0.3) is 5.91 Å². The number of hydrogen-bond donors (Lipinski definition) is 0. The molecule has 0 radical (unpaired) electrons. The van der Waals surface area contributed by atoms with E-state index in [1.807, 2.05) is 12.1 Å². The second-order valence-electron chi connectivity index (χ2n) is 4.74. The van der Waals surface area contributed by atoms with Gasteiger partial charge >= 0.3 is 0 Å².